The van der Waals surface area contributed by atoms with Crippen LogP contribution in [0.3, 0.4) is 0 Å². The maximum absolute atomic E-state index is 12.7. The van der Waals surface area contributed by atoms with Crippen molar-refractivity contribution >= 4 is 41.6 Å². The van der Waals surface area contributed by atoms with Crippen LogP contribution in [0.1, 0.15) is 38.5 Å². The second-order valence-electron chi connectivity index (χ2n) is 7.11. The van der Waals surface area contributed by atoms with Crippen LogP contribution >= 0.6 is 0 Å². The van der Waals surface area contributed by atoms with Crippen LogP contribution < -0.4 is 21.7 Å². The number of nitrogens with two attached hydrogens (primary N) is 1. The molecule has 0 fully saturated rings. The zero-order valence-corrected chi connectivity index (χ0v) is 17.9. The normalized spacial score (nSPS) is 14.1. The van der Waals surface area contributed by atoms with Crippen molar-refractivity contribution in [3.8, 4) is 0 Å². The molecular weight excluding hydrogens is 464 g/mol. The van der Waals surface area contributed by atoms with Crippen molar-refractivity contribution in [2.45, 2.75) is 62.7 Å². The lowest BCUT2D eigenvalue weighted by atomic mass is 10.1. The van der Waals surface area contributed by atoms with Gasteiger partial charge in [-0.15, -0.1) is 0 Å². The average Bonchev–Trinajstić information content (AvgIpc) is 2.74. The third kappa shape index (κ3) is 12.3. The fourth-order valence-corrected chi connectivity index (χ4v) is 2.49. The van der Waals surface area contributed by atoms with E-state index in [1.807, 2.05) is 5.32 Å². The second kappa shape index (κ2) is 15.1. The Labute approximate surface area is 192 Å². The minimum absolute atomic E-state index is 0.282. The van der Waals surface area contributed by atoms with Gasteiger partial charge in [-0.3, -0.25) is 28.8 Å². The van der Waals surface area contributed by atoms with Crippen LogP contribution in [0.25, 0.3) is 0 Å². The van der Waals surface area contributed by atoms with Crippen molar-refractivity contribution in [3.63, 3.8) is 0 Å². The summed E-state index contributed by atoms with van der Waals surface area (Å²) < 4.78 is 0. The Hall–Kier alpha value is -3.79. The molecule has 0 aromatic rings. The number of carbonyl (C=O) groups is 7. The van der Waals surface area contributed by atoms with E-state index >= 15 is 0 Å². The van der Waals surface area contributed by atoms with Crippen molar-refractivity contribution < 1.29 is 59.1 Å². The molecule has 0 aliphatic rings. The first-order valence-electron chi connectivity index (χ1n) is 9.94. The maximum Gasteiger partial charge on any atom is 0.328 e. The lowest BCUT2D eigenvalue weighted by Gasteiger charge is -2.24. The number of amides is 3. The van der Waals surface area contributed by atoms with Crippen molar-refractivity contribution in [2.24, 2.45) is 5.73 Å². The number of hydrogen-bond donors (Lipinski definition) is 9. The van der Waals surface area contributed by atoms with E-state index in [2.05, 4.69) is 10.6 Å². The molecule has 16 heteroatoms. The van der Waals surface area contributed by atoms with Gasteiger partial charge in [0.05, 0.1) is 12.6 Å². The maximum atomic E-state index is 12.7. The zero-order chi connectivity index (χ0) is 26.4. The topological polar surface area (TPSA) is 283 Å². The molecule has 0 rings (SSSR count). The summed E-state index contributed by atoms with van der Waals surface area (Å²) in [6.45, 7) is -0.994. The summed E-state index contributed by atoms with van der Waals surface area (Å²) in [6.07, 6.45) is -2.91. The van der Waals surface area contributed by atoms with E-state index in [9.17, 15) is 33.6 Å². The summed E-state index contributed by atoms with van der Waals surface area (Å²) in [5.41, 5.74) is 5.57. The van der Waals surface area contributed by atoms with Crippen LogP contribution in [0.15, 0.2) is 0 Å². The van der Waals surface area contributed by atoms with E-state index in [4.69, 9.17) is 31.3 Å². The first-order chi connectivity index (χ1) is 15.8. The van der Waals surface area contributed by atoms with Gasteiger partial charge in [0.1, 0.15) is 18.1 Å². The standard InChI is InChI=1S/C18H28N4O12/c19-8(1-4-12(24)25)15(30)20-9(2-5-13(26)27)16(31)21-10(3-6-14(28)29)17(32)22-11(7-23)18(33)34/h8-11,23H,1-7,19H2,(H,20,30)(H,21,31)(H,22,32)(H,24,25)(H,26,27)(H,28,29)(H,33,34). The Bertz CT molecular complexity index is 787. The van der Waals surface area contributed by atoms with Crippen molar-refractivity contribution in [1.29, 1.82) is 0 Å². The minimum atomic E-state index is -1.74. The lowest BCUT2D eigenvalue weighted by molar-refractivity contribution is -0.144. The number of rotatable bonds is 17. The zero-order valence-electron chi connectivity index (χ0n) is 17.9. The molecule has 4 atom stereocenters. The fraction of sp³-hybridized carbons (Fsp3) is 0.611. The predicted octanol–water partition coefficient (Wildman–Crippen LogP) is -3.56. The SMILES string of the molecule is NC(CCC(=O)O)C(=O)NC(CCC(=O)O)C(=O)NC(CCC(=O)O)C(=O)NC(CO)C(=O)O. The van der Waals surface area contributed by atoms with Gasteiger partial charge in [-0.1, -0.05) is 0 Å². The van der Waals surface area contributed by atoms with Gasteiger partial charge in [-0.2, -0.15) is 0 Å². The average molecular weight is 492 g/mol. The highest BCUT2D eigenvalue weighted by atomic mass is 16.4. The third-order valence-corrected chi connectivity index (χ3v) is 4.36. The number of carboxylic acids is 4. The highest BCUT2D eigenvalue weighted by Crippen LogP contribution is 2.05. The molecule has 0 saturated carbocycles. The van der Waals surface area contributed by atoms with Crippen LogP contribution in [0.5, 0.6) is 0 Å². The van der Waals surface area contributed by atoms with E-state index in [-0.39, 0.29) is 6.42 Å². The fourth-order valence-electron chi connectivity index (χ4n) is 2.49. The lowest BCUT2D eigenvalue weighted by Crippen LogP contribution is -2.57. The highest BCUT2D eigenvalue weighted by molar-refractivity contribution is 5.94. The Kier molecular flexibility index (Phi) is 13.4. The predicted molar refractivity (Wildman–Crippen MR) is 109 cm³/mol. The molecule has 0 aliphatic carbocycles. The highest BCUT2D eigenvalue weighted by Gasteiger charge is 2.30. The Morgan fingerprint density at radius 1 is 0.588 bits per heavy atom. The van der Waals surface area contributed by atoms with Crippen LogP contribution in [0, 0.1) is 0 Å². The Morgan fingerprint density at radius 3 is 1.29 bits per heavy atom. The summed E-state index contributed by atoms with van der Waals surface area (Å²) in [4.78, 5) is 80.7. The smallest absolute Gasteiger partial charge is 0.328 e. The number of aliphatic hydroxyl groups is 1. The van der Waals surface area contributed by atoms with Gasteiger partial charge in [-0.25, -0.2) is 4.79 Å². The molecule has 0 aromatic carbocycles. The first kappa shape index (κ1) is 30.2. The number of aliphatic hydroxyl groups excluding tert-OH is 1. The minimum Gasteiger partial charge on any atom is -0.481 e. The quantitative estimate of drug-likeness (QED) is 0.0951. The molecule has 34 heavy (non-hydrogen) atoms. The van der Waals surface area contributed by atoms with Crippen molar-refractivity contribution in [3.05, 3.63) is 0 Å². The molecule has 4 unspecified atom stereocenters. The third-order valence-electron chi connectivity index (χ3n) is 4.36. The molecule has 0 saturated heterocycles. The molecule has 0 aliphatic heterocycles. The largest absolute Gasteiger partial charge is 0.481 e. The molecular formula is C18H28N4O12. The molecule has 0 radical (unpaired) electrons. The van der Waals surface area contributed by atoms with E-state index in [1.54, 1.807) is 0 Å². The molecule has 0 bridgehead atoms. The Morgan fingerprint density at radius 2 is 0.941 bits per heavy atom. The summed E-state index contributed by atoms with van der Waals surface area (Å²) in [5, 5.41) is 50.6. The molecule has 16 nitrogen and oxygen atoms in total. The summed E-state index contributed by atoms with van der Waals surface area (Å²) >= 11 is 0. The van der Waals surface area contributed by atoms with Crippen molar-refractivity contribution in [1.82, 2.24) is 16.0 Å². The molecule has 10 N–H and O–H groups in total. The van der Waals surface area contributed by atoms with Gasteiger partial charge in [0.25, 0.3) is 0 Å². The van der Waals surface area contributed by atoms with Gasteiger partial charge >= 0.3 is 23.9 Å². The number of carboxylic acid groups (broad SMARTS) is 4. The summed E-state index contributed by atoms with van der Waals surface area (Å²) in [6, 6.07) is -6.25. The number of nitrogens with one attached hydrogen (secondary N) is 3. The summed E-state index contributed by atoms with van der Waals surface area (Å²) in [7, 11) is 0. The van der Waals surface area contributed by atoms with Gasteiger partial charge in [-0.05, 0) is 19.3 Å². The van der Waals surface area contributed by atoms with Crippen molar-refractivity contribution in [2.75, 3.05) is 6.61 Å². The van der Waals surface area contributed by atoms with Gasteiger partial charge in [0.15, 0.2) is 0 Å². The van der Waals surface area contributed by atoms with Gasteiger partial charge < -0.3 is 47.2 Å². The van der Waals surface area contributed by atoms with E-state index in [0.717, 1.165) is 0 Å². The Balaban J connectivity index is 5.52. The molecule has 0 spiro atoms. The number of hydrogen-bond acceptors (Lipinski definition) is 9. The van der Waals surface area contributed by atoms with E-state index < -0.39 is 104 Å². The first-order valence-corrected chi connectivity index (χ1v) is 9.94. The van der Waals surface area contributed by atoms with Crippen LogP contribution in [0.4, 0.5) is 0 Å². The van der Waals surface area contributed by atoms with Crippen LogP contribution in [-0.2, 0) is 33.6 Å². The molecule has 192 valence electrons. The van der Waals surface area contributed by atoms with Crippen LogP contribution in [-0.4, -0.2) is 97.9 Å². The molecule has 3 amide bonds. The van der Waals surface area contributed by atoms with Gasteiger partial charge in [0, 0.05) is 19.3 Å². The number of aliphatic carboxylic acids is 4. The van der Waals surface area contributed by atoms with Crippen LogP contribution in [0.2, 0.25) is 0 Å². The molecule has 0 heterocycles. The van der Waals surface area contributed by atoms with E-state index in [0.29, 0.717) is 0 Å². The van der Waals surface area contributed by atoms with Gasteiger partial charge in [0.2, 0.25) is 17.7 Å². The van der Waals surface area contributed by atoms with E-state index in [1.165, 1.54) is 0 Å². The second-order valence-corrected chi connectivity index (χ2v) is 7.11. The molecule has 0 aromatic heterocycles. The monoisotopic (exact) mass is 492 g/mol. The summed E-state index contributed by atoms with van der Waals surface area (Å²) in [5.74, 6) is -8.69. The number of carbonyl (C=O) groups excluding carboxylic acids is 3.